The number of aryl methyl sites for hydroxylation is 1. The first-order valence-electron chi connectivity index (χ1n) is 7.81. The molecule has 0 aliphatic carbocycles. The molecule has 1 N–H and O–H groups in total. The average Bonchev–Trinajstić information content (AvgIpc) is 2.48. The Kier molecular flexibility index (Phi) is 5.10. The third-order valence-corrected chi connectivity index (χ3v) is 4.12. The molecule has 0 amide bonds. The Morgan fingerprint density at radius 2 is 1.95 bits per heavy atom. The van der Waals surface area contributed by atoms with Gasteiger partial charge in [-0.15, -0.1) is 0 Å². The van der Waals surface area contributed by atoms with Crippen LogP contribution in [-0.4, -0.2) is 30.8 Å². The minimum atomic E-state index is -0.914. The van der Waals surface area contributed by atoms with Gasteiger partial charge < -0.3 is 14.7 Å². The van der Waals surface area contributed by atoms with Crippen LogP contribution in [0.3, 0.4) is 0 Å². The van der Waals surface area contributed by atoms with Crippen molar-refractivity contribution in [3.63, 3.8) is 0 Å². The number of anilines is 1. The number of carboxylic acids is 1. The highest BCUT2D eigenvalue weighted by atomic mass is 16.5. The highest BCUT2D eigenvalue weighted by Crippen LogP contribution is 2.39. The maximum Gasteiger partial charge on any atom is 0.339 e. The predicted molar refractivity (Wildman–Crippen MR) is 84.7 cm³/mol. The summed E-state index contributed by atoms with van der Waals surface area (Å²) < 4.78 is 5.85. The maximum atomic E-state index is 11.6. The Bertz CT molecular complexity index is 519. The fourth-order valence-corrected chi connectivity index (χ4v) is 2.88. The minimum Gasteiger partial charge on any atom is -0.491 e. The van der Waals surface area contributed by atoms with E-state index in [1.165, 1.54) is 6.42 Å². The van der Waals surface area contributed by atoms with Crippen LogP contribution in [0.25, 0.3) is 0 Å². The third kappa shape index (κ3) is 3.31. The molecule has 4 nitrogen and oxygen atoms in total. The summed E-state index contributed by atoms with van der Waals surface area (Å²) in [5, 5.41) is 9.50. The van der Waals surface area contributed by atoms with Gasteiger partial charge in [0.05, 0.1) is 12.3 Å². The molecule has 0 atom stereocenters. The van der Waals surface area contributed by atoms with Gasteiger partial charge >= 0.3 is 5.97 Å². The van der Waals surface area contributed by atoms with E-state index in [-0.39, 0.29) is 5.56 Å². The summed E-state index contributed by atoms with van der Waals surface area (Å²) in [6.07, 6.45) is 4.43. The largest absolute Gasteiger partial charge is 0.491 e. The van der Waals surface area contributed by atoms with Crippen LogP contribution >= 0.6 is 0 Å². The average molecular weight is 291 g/mol. The number of benzene rings is 1. The van der Waals surface area contributed by atoms with Gasteiger partial charge in [0.2, 0.25) is 0 Å². The van der Waals surface area contributed by atoms with E-state index in [4.69, 9.17) is 4.74 Å². The van der Waals surface area contributed by atoms with E-state index in [9.17, 15) is 9.90 Å². The first-order valence-corrected chi connectivity index (χ1v) is 7.81. The topological polar surface area (TPSA) is 49.8 Å². The highest BCUT2D eigenvalue weighted by Gasteiger charge is 2.24. The van der Waals surface area contributed by atoms with Crippen molar-refractivity contribution in [3.8, 4) is 5.75 Å². The Hall–Kier alpha value is -1.71. The van der Waals surface area contributed by atoms with E-state index < -0.39 is 5.97 Å². The SMILES string of the molecule is CCCOc1c(C(=O)O)cc(C)c(C)c1N1CCCCC1. The van der Waals surface area contributed by atoms with Gasteiger partial charge in [-0.25, -0.2) is 4.79 Å². The molecule has 116 valence electrons. The van der Waals surface area contributed by atoms with Crippen LogP contribution in [0.1, 0.15) is 54.1 Å². The molecule has 0 saturated carbocycles. The van der Waals surface area contributed by atoms with Crippen molar-refractivity contribution >= 4 is 11.7 Å². The maximum absolute atomic E-state index is 11.6. The first-order chi connectivity index (χ1) is 10.1. The van der Waals surface area contributed by atoms with Crippen molar-refractivity contribution in [2.45, 2.75) is 46.5 Å². The molecule has 1 aliphatic heterocycles. The predicted octanol–water partition coefficient (Wildman–Crippen LogP) is 3.78. The van der Waals surface area contributed by atoms with Gasteiger partial charge in [0.1, 0.15) is 5.56 Å². The Balaban J connectivity index is 2.54. The minimum absolute atomic E-state index is 0.284. The molecule has 0 aromatic heterocycles. The molecule has 0 radical (unpaired) electrons. The van der Waals surface area contributed by atoms with Gasteiger partial charge in [-0.3, -0.25) is 0 Å². The van der Waals surface area contributed by atoms with Crippen molar-refractivity contribution in [2.75, 3.05) is 24.6 Å². The van der Waals surface area contributed by atoms with E-state index in [1.54, 1.807) is 6.07 Å². The standard InChI is InChI=1S/C17H25NO3/c1-4-10-21-16-14(17(19)20)11-12(2)13(3)15(16)18-8-6-5-7-9-18/h11H,4-10H2,1-3H3,(H,19,20). The van der Waals surface area contributed by atoms with Crippen LogP contribution in [0.2, 0.25) is 0 Å². The molecule has 2 rings (SSSR count). The van der Waals surface area contributed by atoms with E-state index in [2.05, 4.69) is 11.8 Å². The van der Waals surface area contributed by atoms with Crippen LogP contribution < -0.4 is 9.64 Å². The van der Waals surface area contributed by atoms with Crippen LogP contribution in [-0.2, 0) is 0 Å². The number of nitrogens with zero attached hydrogens (tertiary/aromatic N) is 1. The van der Waals surface area contributed by atoms with Crippen LogP contribution in [0.5, 0.6) is 5.75 Å². The summed E-state index contributed by atoms with van der Waals surface area (Å²) in [5.74, 6) is -0.364. The molecule has 0 spiro atoms. The zero-order valence-electron chi connectivity index (χ0n) is 13.2. The molecular formula is C17H25NO3. The van der Waals surface area contributed by atoms with Crippen molar-refractivity contribution in [1.82, 2.24) is 0 Å². The summed E-state index contributed by atoms with van der Waals surface area (Å²) in [4.78, 5) is 13.9. The number of aromatic carboxylic acids is 1. The second-order valence-corrected chi connectivity index (χ2v) is 5.75. The molecule has 1 heterocycles. The second kappa shape index (κ2) is 6.83. The number of carbonyl (C=O) groups is 1. The van der Waals surface area contributed by atoms with Crippen LogP contribution in [0.15, 0.2) is 6.07 Å². The lowest BCUT2D eigenvalue weighted by Gasteiger charge is -2.32. The fraction of sp³-hybridized carbons (Fsp3) is 0.588. The van der Waals surface area contributed by atoms with E-state index in [0.717, 1.165) is 49.2 Å². The number of rotatable bonds is 5. The zero-order chi connectivity index (χ0) is 15.4. The summed E-state index contributed by atoms with van der Waals surface area (Å²) in [7, 11) is 0. The smallest absolute Gasteiger partial charge is 0.339 e. The van der Waals surface area contributed by atoms with E-state index in [0.29, 0.717) is 12.4 Å². The van der Waals surface area contributed by atoms with Gasteiger partial charge in [-0.05, 0) is 56.7 Å². The quantitative estimate of drug-likeness (QED) is 0.897. The Morgan fingerprint density at radius 3 is 2.52 bits per heavy atom. The molecule has 1 saturated heterocycles. The number of hydrogen-bond donors (Lipinski definition) is 1. The van der Waals surface area contributed by atoms with Crippen molar-refractivity contribution < 1.29 is 14.6 Å². The number of piperidine rings is 1. The van der Waals surface area contributed by atoms with Crippen molar-refractivity contribution in [3.05, 3.63) is 22.8 Å². The normalized spacial score (nSPS) is 15.1. The summed E-state index contributed by atoms with van der Waals surface area (Å²) >= 11 is 0. The summed E-state index contributed by atoms with van der Waals surface area (Å²) in [6.45, 7) is 8.56. The number of carboxylic acid groups (broad SMARTS) is 1. The van der Waals surface area contributed by atoms with Gasteiger partial charge in [-0.1, -0.05) is 6.92 Å². The lowest BCUT2D eigenvalue weighted by Crippen LogP contribution is -2.31. The first kappa shape index (κ1) is 15.7. The third-order valence-electron chi connectivity index (χ3n) is 4.12. The molecule has 1 fully saturated rings. The lowest BCUT2D eigenvalue weighted by molar-refractivity contribution is 0.0692. The molecule has 1 aliphatic rings. The number of hydrogen-bond acceptors (Lipinski definition) is 3. The van der Waals surface area contributed by atoms with Gasteiger partial charge in [-0.2, -0.15) is 0 Å². The Morgan fingerprint density at radius 1 is 1.29 bits per heavy atom. The van der Waals surface area contributed by atoms with E-state index in [1.807, 2.05) is 13.8 Å². The van der Waals surface area contributed by atoms with Gasteiger partial charge in [0.25, 0.3) is 0 Å². The molecule has 0 bridgehead atoms. The Labute approximate surface area is 126 Å². The van der Waals surface area contributed by atoms with E-state index >= 15 is 0 Å². The second-order valence-electron chi connectivity index (χ2n) is 5.75. The summed E-state index contributed by atoms with van der Waals surface area (Å²) in [5.41, 5.74) is 3.41. The lowest BCUT2D eigenvalue weighted by atomic mass is 9.99. The number of ether oxygens (including phenoxy) is 1. The molecule has 0 unspecified atom stereocenters. The molecule has 1 aromatic carbocycles. The van der Waals surface area contributed by atoms with Crippen molar-refractivity contribution in [2.24, 2.45) is 0 Å². The van der Waals surface area contributed by atoms with Gasteiger partial charge in [0.15, 0.2) is 5.75 Å². The molecule has 21 heavy (non-hydrogen) atoms. The zero-order valence-corrected chi connectivity index (χ0v) is 13.2. The highest BCUT2D eigenvalue weighted by molar-refractivity contribution is 5.94. The fourth-order valence-electron chi connectivity index (χ4n) is 2.88. The molecule has 4 heteroatoms. The molecular weight excluding hydrogens is 266 g/mol. The van der Waals surface area contributed by atoms with Crippen LogP contribution in [0.4, 0.5) is 5.69 Å². The van der Waals surface area contributed by atoms with Gasteiger partial charge in [0, 0.05) is 13.1 Å². The molecule has 1 aromatic rings. The van der Waals surface area contributed by atoms with Crippen LogP contribution in [0, 0.1) is 13.8 Å². The van der Waals surface area contributed by atoms with Crippen molar-refractivity contribution in [1.29, 1.82) is 0 Å². The monoisotopic (exact) mass is 291 g/mol. The summed E-state index contributed by atoms with van der Waals surface area (Å²) in [6, 6.07) is 1.73.